The van der Waals surface area contributed by atoms with E-state index in [1.165, 1.54) is 37.0 Å². The number of nitrogens with zero attached hydrogens (tertiary/aromatic N) is 1. The smallest absolute Gasteiger partial charge is 0.281 e. The Balaban J connectivity index is 4.07. The standard InChI is InChI=1S/C16H35NO5S/c1-2-3-4-5-6-7-8-9-10-11-16(23(20,21)22)17(12-14-18)13-15-19/h16,18-19H,2-15H2,1H3,(H,20,21,22). The van der Waals surface area contributed by atoms with Crippen LogP contribution in [0.25, 0.3) is 0 Å². The van der Waals surface area contributed by atoms with Gasteiger partial charge in [0.05, 0.1) is 13.2 Å². The Morgan fingerprint density at radius 3 is 1.65 bits per heavy atom. The van der Waals surface area contributed by atoms with Gasteiger partial charge in [-0.1, -0.05) is 64.7 Å². The van der Waals surface area contributed by atoms with Gasteiger partial charge in [0.2, 0.25) is 0 Å². The Morgan fingerprint density at radius 2 is 1.26 bits per heavy atom. The fourth-order valence-electron chi connectivity index (χ4n) is 2.81. The molecule has 0 aliphatic carbocycles. The molecule has 0 radical (unpaired) electrons. The second kappa shape index (κ2) is 14.2. The zero-order valence-electron chi connectivity index (χ0n) is 14.5. The number of hydrogen-bond acceptors (Lipinski definition) is 5. The number of hydrogen-bond donors (Lipinski definition) is 3. The monoisotopic (exact) mass is 353 g/mol. The molecule has 7 heteroatoms. The highest BCUT2D eigenvalue weighted by Gasteiger charge is 2.28. The molecule has 140 valence electrons. The van der Waals surface area contributed by atoms with Gasteiger partial charge in [-0.2, -0.15) is 8.42 Å². The minimum absolute atomic E-state index is 0.127. The summed E-state index contributed by atoms with van der Waals surface area (Å²) in [5.41, 5.74) is 0. The lowest BCUT2D eigenvalue weighted by molar-refractivity contribution is 0.140. The van der Waals surface area contributed by atoms with Crippen LogP contribution < -0.4 is 0 Å². The Hall–Kier alpha value is -0.210. The minimum Gasteiger partial charge on any atom is -0.395 e. The lowest BCUT2D eigenvalue weighted by Gasteiger charge is -2.28. The number of aliphatic hydroxyl groups excluding tert-OH is 2. The van der Waals surface area contributed by atoms with E-state index in [-0.39, 0.29) is 26.3 Å². The van der Waals surface area contributed by atoms with Crippen molar-refractivity contribution >= 4 is 10.1 Å². The van der Waals surface area contributed by atoms with Gasteiger partial charge >= 0.3 is 0 Å². The molecule has 0 aromatic carbocycles. The Morgan fingerprint density at radius 1 is 0.826 bits per heavy atom. The topological polar surface area (TPSA) is 98.1 Å². The molecule has 0 saturated carbocycles. The summed E-state index contributed by atoms with van der Waals surface area (Å²) in [7, 11) is -4.21. The maximum atomic E-state index is 11.5. The van der Waals surface area contributed by atoms with E-state index < -0.39 is 15.5 Å². The quantitative estimate of drug-likeness (QED) is 0.291. The van der Waals surface area contributed by atoms with Crippen molar-refractivity contribution in [1.29, 1.82) is 0 Å². The molecule has 0 heterocycles. The van der Waals surface area contributed by atoms with Crippen molar-refractivity contribution < 1.29 is 23.2 Å². The second-order valence-corrected chi connectivity index (χ2v) is 7.64. The van der Waals surface area contributed by atoms with Crippen molar-refractivity contribution in [1.82, 2.24) is 4.90 Å². The van der Waals surface area contributed by atoms with Crippen molar-refractivity contribution in [2.24, 2.45) is 0 Å². The Bertz CT molecular complexity index is 355. The average molecular weight is 354 g/mol. The minimum atomic E-state index is -4.21. The lowest BCUT2D eigenvalue weighted by Crippen LogP contribution is -2.44. The van der Waals surface area contributed by atoms with Crippen LogP contribution in [0.2, 0.25) is 0 Å². The summed E-state index contributed by atoms with van der Waals surface area (Å²) in [6.45, 7) is 2.04. The van der Waals surface area contributed by atoms with Crippen LogP contribution in [-0.2, 0) is 10.1 Å². The molecule has 3 N–H and O–H groups in total. The van der Waals surface area contributed by atoms with Crippen molar-refractivity contribution in [2.75, 3.05) is 26.3 Å². The molecule has 1 atom stereocenters. The van der Waals surface area contributed by atoms with Crippen LogP contribution in [-0.4, -0.2) is 59.8 Å². The number of rotatable bonds is 16. The predicted molar refractivity (Wildman–Crippen MR) is 92.9 cm³/mol. The van der Waals surface area contributed by atoms with E-state index in [4.69, 9.17) is 10.2 Å². The van der Waals surface area contributed by atoms with Gasteiger partial charge in [-0.25, -0.2) is 0 Å². The first-order valence-electron chi connectivity index (χ1n) is 8.89. The first-order valence-corrected chi connectivity index (χ1v) is 10.4. The van der Waals surface area contributed by atoms with Crippen LogP contribution in [0.4, 0.5) is 0 Å². The van der Waals surface area contributed by atoms with Crippen LogP contribution in [0.3, 0.4) is 0 Å². The third kappa shape index (κ3) is 11.9. The molecular formula is C16H35NO5S. The number of unbranched alkanes of at least 4 members (excludes halogenated alkanes) is 8. The van der Waals surface area contributed by atoms with E-state index in [2.05, 4.69) is 6.92 Å². The van der Waals surface area contributed by atoms with Crippen LogP contribution in [0, 0.1) is 0 Å². The highest BCUT2D eigenvalue weighted by atomic mass is 32.2. The van der Waals surface area contributed by atoms with Crippen molar-refractivity contribution in [3.05, 3.63) is 0 Å². The maximum Gasteiger partial charge on any atom is 0.281 e. The lowest BCUT2D eigenvalue weighted by atomic mass is 10.1. The van der Waals surface area contributed by atoms with Gasteiger partial charge in [-0.05, 0) is 6.42 Å². The molecule has 1 unspecified atom stereocenters. The molecule has 0 bridgehead atoms. The fourth-order valence-corrected chi connectivity index (χ4v) is 3.86. The van der Waals surface area contributed by atoms with Crippen LogP contribution >= 0.6 is 0 Å². The van der Waals surface area contributed by atoms with Gasteiger partial charge in [0.15, 0.2) is 0 Å². The van der Waals surface area contributed by atoms with Crippen molar-refractivity contribution in [2.45, 2.75) is 76.5 Å². The van der Waals surface area contributed by atoms with E-state index >= 15 is 0 Å². The third-order valence-corrected chi connectivity index (χ3v) is 5.30. The van der Waals surface area contributed by atoms with E-state index in [9.17, 15) is 13.0 Å². The van der Waals surface area contributed by atoms with Crippen LogP contribution in [0.15, 0.2) is 0 Å². The van der Waals surface area contributed by atoms with Gasteiger partial charge in [0, 0.05) is 13.1 Å². The molecular weight excluding hydrogens is 318 g/mol. The molecule has 0 aliphatic heterocycles. The molecule has 6 nitrogen and oxygen atoms in total. The van der Waals surface area contributed by atoms with Gasteiger partial charge in [0.25, 0.3) is 10.1 Å². The highest BCUT2D eigenvalue weighted by molar-refractivity contribution is 7.86. The summed E-state index contributed by atoms with van der Waals surface area (Å²) in [6, 6.07) is 0. The van der Waals surface area contributed by atoms with Gasteiger partial charge in [0.1, 0.15) is 5.37 Å². The summed E-state index contributed by atoms with van der Waals surface area (Å²) >= 11 is 0. The summed E-state index contributed by atoms with van der Waals surface area (Å²) in [6.07, 6.45) is 10.5. The average Bonchev–Trinajstić information content (AvgIpc) is 2.48. The maximum absolute atomic E-state index is 11.5. The fraction of sp³-hybridized carbons (Fsp3) is 1.00. The molecule has 0 aromatic heterocycles. The van der Waals surface area contributed by atoms with Crippen molar-refractivity contribution in [3.63, 3.8) is 0 Å². The molecule has 0 spiro atoms. The molecule has 23 heavy (non-hydrogen) atoms. The van der Waals surface area contributed by atoms with E-state index in [0.717, 1.165) is 19.3 Å². The van der Waals surface area contributed by atoms with Crippen LogP contribution in [0.1, 0.15) is 71.1 Å². The summed E-state index contributed by atoms with van der Waals surface area (Å²) in [5, 5.41) is 17.0. The summed E-state index contributed by atoms with van der Waals surface area (Å²) in [4.78, 5) is 1.43. The zero-order chi connectivity index (χ0) is 17.6. The molecule has 0 rings (SSSR count). The first-order chi connectivity index (χ1) is 11.0. The molecule has 0 saturated heterocycles. The van der Waals surface area contributed by atoms with Crippen LogP contribution in [0.5, 0.6) is 0 Å². The van der Waals surface area contributed by atoms with Gasteiger partial charge < -0.3 is 10.2 Å². The zero-order valence-corrected chi connectivity index (χ0v) is 15.3. The third-order valence-electron chi connectivity index (χ3n) is 4.08. The molecule has 0 aliphatic rings. The largest absolute Gasteiger partial charge is 0.395 e. The second-order valence-electron chi connectivity index (χ2n) is 6.07. The highest BCUT2D eigenvalue weighted by Crippen LogP contribution is 2.17. The van der Waals surface area contributed by atoms with Gasteiger partial charge in [-0.3, -0.25) is 9.45 Å². The summed E-state index contributed by atoms with van der Waals surface area (Å²) < 4.78 is 32.5. The number of aliphatic hydroxyl groups is 2. The first kappa shape index (κ1) is 22.8. The summed E-state index contributed by atoms with van der Waals surface area (Å²) in [5.74, 6) is 0. The molecule has 0 amide bonds. The van der Waals surface area contributed by atoms with Gasteiger partial charge in [-0.15, -0.1) is 0 Å². The van der Waals surface area contributed by atoms with E-state index in [0.29, 0.717) is 12.8 Å². The van der Waals surface area contributed by atoms with E-state index in [1.54, 1.807) is 0 Å². The van der Waals surface area contributed by atoms with E-state index in [1.807, 2.05) is 0 Å². The normalized spacial score (nSPS) is 13.6. The molecule has 0 fully saturated rings. The van der Waals surface area contributed by atoms with Crippen molar-refractivity contribution in [3.8, 4) is 0 Å². The SMILES string of the molecule is CCCCCCCCCCCC(N(CCO)CCO)S(=O)(=O)O. The Labute approximate surface area is 141 Å². The Kier molecular flexibility index (Phi) is 14.0. The molecule has 0 aromatic rings. The predicted octanol–water partition coefficient (Wildman–Crippen LogP) is 2.41.